The van der Waals surface area contributed by atoms with Crippen LogP contribution in [-0.2, 0) is 6.54 Å². The summed E-state index contributed by atoms with van der Waals surface area (Å²) in [5, 5.41) is 6.94. The van der Waals surface area contributed by atoms with Crippen LogP contribution in [0.1, 0.15) is 32.3 Å². The van der Waals surface area contributed by atoms with Crippen molar-refractivity contribution in [2.24, 2.45) is 4.99 Å². The lowest BCUT2D eigenvalue weighted by molar-refractivity contribution is 0.221. The highest BCUT2D eigenvalue weighted by atomic mass is 16.5. The summed E-state index contributed by atoms with van der Waals surface area (Å²) in [6, 6.07) is 6.44. The van der Waals surface area contributed by atoms with E-state index in [2.05, 4.69) is 34.0 Å². The molecule has 6 nitrogen and oxygen atoms in total. The van der Waals surface area contributed by atoms with Gasteiger partial charge in [0.1, 0.15) is 0 Å². The summed E-state index contributed by atoms with van der Waals surface area (Å²) in [6.07, 6.45) is 2.23. The molecule has 0 aromatic heterocycles. The number of methoxy groups -OCH3 is 1. The molecule has 1 heterocycles. The zero-order valence-electron chi connectivity index (χ0n) is 17.2. The normalized spacial score (nSPS) is 16.1. The van der Waals surface area contributed by atoms with Gasteiger partial charge in [0, 0.05) is 39.3 Å². The van der Waals surface area contributed by atoms with Crippen LogP contribution in [0.2, 0.25) is 0 Å². The SMILES string of the molecule is C=C(C)CN1CCC(NC(=NC)NCc2ccc(OC)c(OCC)c2)CC1. The highest BCUT2D eigenvalue weighted by Crippen LogP contribution is 2.27. The molecule has 0 amide bonds. The van der Waals surface area contributed by atoms with Gasteiger partial charge in [0.25, 0.3) is 0 Å². The fraction of sp³-hybridized carbons (Fsp3) is 0.571. The van der Waals surface area contributed by atoms with E-state index in [-0.39, 0.29) is 0 Å². The molecule has 0 unspecified atom stereocenters. The second-order valence-corrected chi connectivity index (χ2v) is 7.00. The Labute approximate surface area is 163 Å². The Kier molecular flexibility index (Phi) is 8.45. The zero-order valence-corrected chi connectivity index (χ0v) is 17.2. The summed E-state index contributed by atoms with van der Waals surface area (Å²) < 4.78 is 11.0. The monoisotopic (exact) mass is 374 g/mol. The van der Waals surface area contributed by atoms with Gasteiger partial charge < -0.3 is 20.1 Å². The first kappa shape index (κ1) is 21.1. The summed E-state index contributed by atoms with van der Waals surface area (Å²) >= 11 is 0. The van der Waals surface area contributed by atoms with E-state index < -0.39 is 0 Å². The van der Waals surface area contributed by atoms with Crippen molar-refractivity contribution in [3.8, 4) is 11.5 Å². The average molecular weight is 375 g/mol. The summed E-state index contributed by atoms with van der Waals surface area (Å²) in [5.41, 5.74) is 2.35. The van der Waals surface area contributed by atoms with Crippen molar-refractivity contribution in [2.75, 3.05) is 40.4 Å². The van der Waals surface area contributed by atoms with Crippen molar-refractivity contribution in [3.05, 3.63) is 35.9 Å². The first-order chi connectivity index (χ1) is 13.0. The topological polar surface area (TPSA) is 58.1 Å². The van der Waals surface area contributed by atoms with Crippen molar-refractivity contribution < 1.29 is 9.47 Å². The molecule has 150 valence electrons. The molecule has 0 atom stereocenters. The Morgan fingerprint density at radius 1 is 1.30 bits per heavy atom. The fourth-order valence-corrected chi connectivity index (χ4v) is 3.29. The van der Waals surface area contributed by atoms with Gasteiger partial charge in [-0.1, -0.05) is 18.2 Å². The van der Waals surface area contributed by atoms with E-state index in [9.17, 15) is 0 Å². The minimum Gasteiger partial charge on any atom is -0.493 e. The van der Waals surface area contributed by atoms with Crippen LogP contribution in [0.3, 0.4) is 0 Å². The van der Waals surface area contributed by atoms with Gasteiger partial charge in [-0.15, -0.1) is 0 Å². The van der Waals surface area contributed by atoms with E-state index in [1.165, 1.54) is 5.57 Å². The molecule has 1 saturated heterocycles. The molecule has 1 aliphatic rings. The second-order valence-electron chi connectivity index (χ2n) is 7.00. The van der Waals surface area contributed by atoms with Crippen molar-refractivity contribution in [2.45, 2.75) is 39.3 Å². The molecule has 0 radical (unpaired) electrons. The number of ether oxygens (including phenoxy) is 2. The van der Waals surface area contributed by atoms with E-state index >= 15 is 0 Å². The van der Waals surface area contributed by atoms with Crippen LogP contribution in [0.15, 0.2) is 35.3 Å². The molecule has 1 aromatic carbocycles. The Balaban J connectivity index is 1.84. The average Bonchev–Trinajstić information content (AvgIpc) is 2.66. The van der Waals surface area contributed by atoms with Gasteiger partial charge in [-0.2, -0.15) is 0 Å². The summed E-state index contributed by atoms with van der Waals surface area (Å²) in [7, 11) is 3.47. The first-order valence-corrected chi connectivity index (χ1v) is 9.69. The summed E-state index contributed by atoms with van der Waals surface area (Å²) in [5.74, 6) is 2.36. The van der Waals surface area contributed by atoms with E-state index in [4.69, 9.17) is 9.47 Å². The lowest BCUT2D eigenvalue weighted by Gasteiger charge is -2.33. The fourth-order valence-electron chi connectivity index (χ4n) is 3.29. The maximum absolute atomic E-state index is 5.65. The molecule has 6 heteroatoms. The number of nitrogens with one attached hydrogen (secondary N) is 2. The van der Waals surface area contributed by atoms with E-state index in [0.29, 0.717) is 19.2 Å². The van der Waals surface area contributed by atoms with E-state index in [1.54, 1.807) is 7.11 Å². The van der Waals surface area contributed by atoms with Gasteiger partial charge in [-0.3, -0.25) is 9.89 Å². The van der Waals surface area contributed by atoms with Gasteiger partial charge >= 0.3 is 0 Å². The van der Waals surface area contributed by atoms with Crippen molar-refractivity contribution in [3.63, 3.8) is 0 Å². The molecule has 0 aliphatic carbocycles. The standard InChI is InChI=1S/C21H34N4O2/c1-6-27-20-13-17(7-8-19(20)26-5)14-23-21(22-4)24-18-9-11-25(12-10-18)15-16(2)3/h7-8,13,18H,2,6,9-12,14-15H2,1,3-5H3,(H2,22,23,24). The number of aliphatic imine (C=N–C) groups is 1. The lowest BCUT2D eigenvalue weighted by atomic mass is 10.0. The molecule has 0 saturated carbocycles. The third-order valence-electron chi connectivity index (χ3n) is 4.63. The molecular formula is C21H34N4O2. The number of guanidine groups is 1. The van der Waals surface area contributed by atoms with Crippen molar-refractivity contribution in [1.29, 1.82) is 0 Å². The number of hydrogen-bond acceptors (Lipinski definition) is 4. The number of piperidine rings is 1. The Morgan fingerprint density at radius 3 is 2.63 bits per heavy atom. The van der Waals surface area contributed by atoms with Crippen LogP contribution < -0.4 is 20.1 Å². The van der Waals surface area contributed by atoms with Crippen LogP contribution in [-0.4, -0.2) is 57.3 Å². The zero-order chi connectivity index (χ0) is 19.6. The van der Waals surface area contributed by atoms with Gasteiger partial charge in [0.15, 0.2) is 17.5 Å². The first-order valence-electron chi connectivity index (χ1n) is 9.69. The predicted octanol–water partition coefficient (Wildman–Crippen LogP) is 2.80. The highest BCUT2D eigenvalue weighted by molar-refractivity contribution is 5.80. The van der Waals surface area contributed by atoms with Crippen LogP contribution in [0.5, 0.6) is 11.5 Å². The van der Waals surface area contributed by atoms with Crippen LogP contribution >= 0.6 is 0 Å². The molecule has 0 spiro atoms. The quantitative estimate of drug-likeness (QED) is 0.416. The maximum atomic E-state index is 5.65. The van der Waals surface area contributed by atoms with Gasteiger partial charge in [0.05, 0.1) is 13.7 Å². The molecular weight excluding hydrogens is 340 g/mol. The molecule has 1 aliphatic heterocycles. The van der Waals surface area contributed by atoms with Gasteiger partial charge in [-0.05, 0) is 44.4 Å². The molecule has 2 rings (SSSR count). The molecule has 2 N–H and O–H groups in total. The predicted molar refractivity (Wildman–Crippen MR) is 112 cm³/mol. The minimum atomic E-state index is 0.451. The largest absolute Gasteiger partial charge is 0.493 e. The van der Waals surface area contributed by atoms with Crippen LogP contribution in [0.25, 0.3) is 0 Å². The molecule has 1 fully saturated rings. The smallest absolute Gasteiger partial charge is 0.191 e. The Morgan fingerprint density at radius 2 is 2.04 bits per heavy atom. The van der Waals surface area contributed by atoms with Crippen LogP contribution in [0, 0.1) is 0 Å². The number of hydrogen-bond donors (Lipinski definition) is 2. The van der Waals surface area contributed by atoms with E-state index in [0.717, 1.165) is 55.5 Å². The third-order valence-corrected chi connectivity index (χ3v) is 4.63. The number of likely N-dealkylation sites (tertiary alicyclic amines) is 1. The number of benzene rings is 1. The molecule has 0 bridgehead atoms. The van der Waals surface area contributed by atoms with Gasteiger partial charge in [0.2, 0.25) is 0 Å². The van der Waals surface area contributed by atoms with Crippen LogP contribution in [0.4, 0.5) is 0 Å². The summed E-state index contributed by atoms with van der Waals surface area (Å²) in [6.45, 7) is 12.5. The van der Waals surface area contributed by atoms with Gasteiger partial charge in [-0.25, -0.2) is 0 Å². The Bertz CT molecular complexity index is 637. The van der Waals surface area contributed by atoms with E-state index in [1.807, 2.05) is 32.2 Å². The second kappa shape index (κ2) is 10.8. The maximum Gasteiger partial charge on any atom is 0.191 e. The highest BCUT2D eigenvalue weighted by Gasteiger charge is 2.19. The minimum absolute atomic E-state index is 0.451. The number of rotatable bonds is 8. The molecule has 1 aromatic rings. The molecule has 27 heavy (non-hydrogen) atoms. The Hall–Kier alpha value is -2.21. The number of nitrogens with zero attached hydrogens (tertiary/aromatic N) is 2. The van der Waals surface area contributed by atoms with Crippen molar-refractivity contribution in [1.82, 2.24) is 15.5 Å². The lowest BCUT2D eigenvalue weighted by Crippen LogP contribution is -2.48. The third kappa shape index (κ3) is 6.79. The summed E-state index contributed by atoms with van der Waals surface area (Å²) in [4.78, 5) is 6.83. The van der Waals surface area contributed by atoms with Crippen molar-refractivity contribution >= 4 is 5.96 Å².